The number of nitrogens with zero attached hydrogens (tertiary/aromatic N) is 1. The van der Waals surface area contributed by atoms with Crippen LogP contribution in [0.25, 0.3) is 0 Å². The molecule has 4 heteroatoms. The Morgan fingerprint density at radius 2 is 1.70 bits per heavy atom. The zero-order chi connectivity index (χ0) is 16.7. The van der Waals surface area contributed by atoms with Gasteiger partial charge in [0.1, 0.15) is 0 Å². The molecular formula is C19H27NO3. The number of fused-ring (bicyclic) bond motifs is 1. The molecule has 0 saturated heterocycles. The van der Waals surface area contributed by atoms with Gasteiger partial charge in [-0.2, -0.15) is 0 Å². The maximum absolute atomic E-state index is 12.2. The third-order valence-corrected chi connectivity index (χ3v) is 4.45. The van der Waals surface area contributed by atoms with E-state index in [1.165, 1.54) is 24.2 Å². The number of amides is 2. The van der Waals surface area contributed by atoms with Gasteiger partial charge >= 0.3 is 0 Å². The van der Waals surface area contributed by atoms with Crippen molar-refractivity contribution in [2.75, 3.05) is 19.8 Å². The van der Waals surface area contributed by atoms with Gasteiger partial charge in [0.2, 0.25) is 0 Å². The summed E-state index contributed by atoms with van der Waals surface area (Å²) in [7, 11) is 0. The molecule has 2 rings (SSSR count). The second-order valence-electron chi connectivity index (χ2n) is 6.15. The van der Waals surface area contributed by atoms with E-state index in [1.807, 2.05) is 0 Å². The maximum atomic E-state index is 12.2. The summed E-state index contributed by atoms with van der Waals surface area (Å²) in [4.78, 5) is 25.8. The van der Waals surface area contributed by atoms with Gasteiger partial charge in [-0.1, -0.05) is 45.2 Å². The van der Waals surface area contributed by atoms with E-state index in [0.29, 0.717) is 36.6 Å². The average molecular weight is 317 g/mol. The number of ether oxygens (including phenoxy) is 1. The second-order valence-corrected chi connectivity index (χ2v) is 6.15. The molecule has 1 aliphatic heterocycles. The Hall–Kier alpha value is -1.68. The predicted octanol–water partition coefficient (Wildman–Crippen LogP) is 3.91. The first-order valence-electron chi connectivity index (χ1n) is 8.72. The fraction of sp³-hybridized carbons (Fsp3) is 0.579. The highest BCUT2D eigenvalue weighted by atomic mass is 16.5. The van der Waals surface area contributed by atoms with Crippen molar-refractivity contribution in [1.29, 1.82) is 0 Å². The Morgan fingerprint density at radius 3 is 2.26 bits per heavy atom. The van der Waals surface area contributed by atoms with Gasteiger partial charge in [0.25, 0.3) is 11.8 Å². The van der Waals surface area contributed by atoms with Gasteiger partial charge in [-0.3, -0.25) is 14.5 Å². The summed E-state index contributed by atoms with van der Waals surface area (Å²) in [6.45, 7) is 6.20. The van der Waals surface area contributed by atoms with Gasteiger partial charge < -0.3 is 4.74 Å². The molecule has 0 radical (unpaired) electrons. The molecule has 0 aliphatic carbocycles. The molecule has 0 bridgehead atoms. The Morgan fingerprint density at radius 1 is 1.04 bits per heavy atom. The van der Waals surface area contributed by atoms with E-state index in [-0.39, 0.29) is 11.8 Å². The van der Waals surface area contributed by atoms with Crippen LogP contribution < -0.4 is 0 Å². The molecule has 1 aromatic rings. The Labute approximate surface area is 138 Å². The highest BCUT2D eigenvalue weighted by Gasteiger charge is 2.34. The lowest BCUT2D eigenvalue weighted by atomic mass is 10.0. The van der Waals surface area contributed by atoms with Crippen molar-refractivity contribution >= 4 is 11.8 Å². The van der Waals surface area contributed by atoms with Crippen molar-refractivity contribution < 1.29 is 14.3 Å². The van der Waals surface area contributed by atoms with Crippen LogP contribution in [0.3, 0.4) is 0 Å². The molecule has 1 unspecified atom stereocenters. The number of hydrogen-bond donors (Lipinski definition) is 0. The molecule has 4 nitrogen and oxygen atoms in total. The molecule has 2 amide bonds. The number of carbonyl (C=O) groups is 2. The Kier molecular flexibility index (Phi) is 6.78. The topological polar surface area (TPSA) is 46.6 Å². The summed E-state index contributed by atoms with van der Waals surface area (Å²) < 4.78 is 5.74. The van der Waals surface area contributed by atoms with E-state index in [2.05, 4.69) is 13.8 Å². The molecule has 1 aliphatic rings. The highest BCUT2D eigenvalue weighted by Crippen LogP contribution is 2.22. The van der Waals surface area contributed by atoms with Gasteiger partial charge in [-0.05, 0) is 30.9 Å². The van der Waals surface area contributed by atoms with Crippen LogP contribution in [0.1, 0.15) is 66.7 Å². The molecule has 1 aromatic carbocycles. The van der Waals surface area contributed by atoms with Crippen LogP contribution in [0, 0.1) is 5.92 Å². The van der Waals surface area contributed by atoms with Crippen molar-refractivity contribution in [3.05, 3.63) is 35.4 Å². The summed E-state index contributed by atoms with van der Waals surface area (Å²) in [6, 6.07) is 7.01. The summed E-state index contributed by atoms with van der Waals surface area (Å²) in [6.07, 6.45) is 5.51. The minimum atomic E-state index is -0.181. The quantitative estimate of drug-likeness (QED) is 0.485. The first kappa shape index (κ1) is 17.7. The van der Waals surface area contributed by atoms with Crippen LogP contribution in [-0.2, 0) is 4.74 Å². The maximum Gasteiger partial charge on any atom is 0.261 e. The average Bonchev–Trinajstić information content (AvgIpc) is 2.82. The number of rotatable bonds is 10. The van der Waals surface area contributed by atoms with Crippen molar-refractivity contribution in [2.24, 2.45) is 5.92 Å². The lowest BCUT2D eigenvalue weighted by Gasteiger charge is -2.16. The molecule has 0 spiro atoms. The second kappa shape index (κ2) is 8.82. The number of carbonyl (C=O) groups excluding carboxylic acids is 2. The molecule has 1 atom stereocenters. The van der Waals surface area contributed by atoms with E-state index in [0.717, 1.165) is 13.0 Å². The van der Waals surface area contributed by atoms with Crippen LogP contribution >= 0.6 is 0 Å². The molecule has 126 valence electrons. The van der Waals surface area contributed by atoms with Crippen molar-refractivity contribution in [2.45, 2.75) is 46.0 Å². The standard InChI is InChI=1S/C19H27NO3/c1-3-5-9-15(4-2)14-23-13-8-12-20-18(21)16-10-6-7-11-17(16)19(20)22/h6-7,10-11,15H,3-5,8-9,12-14H2,1-2H3. The molecule has 0 aromatic heterocycles. The Bertz CT molecular complexity index is 506. The largest absolute Gasteiger partial charge is 0.381 e. The molecular weight excluding hydrogens is 290 g/mol. The van der Waals surface area contributed by atoms with Crippen LogP contribution in [0.2, 0.25) is 0 Å². The predicted molar refractivity (Wildman–Crippen MR) is 90.6 cm³/mol. The third kappa shape index (κ3) is 4.41. The normalized spacial score (nSPS) is 15.1. The van der Waals surface area contributed by atoms with Crippen molar-refractivity contribution in [3.8, 4) is 0 Å². The zero-order valence-electron chi connectivity index (χ0n) is 14.2. The lowest BCUT2D eigenvalue weighted by molar-refractivity contribution is 0.0600. The fourth-order valence-electron chi connectivity index (χ4n) is 2.92. The van der Waals surface area contributed by atoms with Gasteiger partial charge in [0.05, 0.1) is 11.1 Å². The van der Waals surface area contributed by atoms with Gasteiger partial charge in [0, 0.05) is 19.8 Å². The summed E-state index contributed by atoms with van der Waals surface area (Å²) in [5.74, 6) is 0.259. The number of unbranched alkanes of at least 4 members (excludes halogenated alkanes) is 1. The first-order chi connectivity index (χ1) is 11.2. The fourth-order valence-corrected chi connectivity index (χ4v) is 2.92. The zero-order valence-corrected chi connectivity index (χ0v) is 14.2. The van der Waals surface area contributed by atoms with Crippen LogP contribution in [0.4, 0.5) is 0 Å². The van der Waals surface area contributed by atoms with E-state index in [1.54, 1.807) is 24.3 Å². The van der Waals surface area contributed by atoms with Crippen LogP contribution in [0.15, 0.2) is 24.3 Å². The van der Waals surface area contributed by atoms with Crippen LogP contribution in [0.5, 0.6) is 0 Å². The van der Waals surface area contributed by atoms with Crippen molar-refractivity contribution in [1.82, 2.24) is 4.90 Å². The monoisotopic (exact) mass is 317 g/mol. The van der Waals surface area contributed by atoms with Gasteiger partial charge in [0.15, 0.2) is 0 Å². The molecule has 0 saturated carbocycles. The molecule has 23 heavy (non-hydrogen) atoms. The summed E-state index contributed by atoms with van der Waals surface area (Å²) in [5, 5.41) is 0. The molecule has 0 fully saturated rings. The number of imide groups is 1. The SMILES string of the molecule is CCCCC(CC)COCCCN1C(=O)c2ccccc2C1=O. The minimum absolute atomic E-state index is 0.181. The molecule has 1 heterocycles. The molecule has 0 N–H and O–H groups in total. The number of hydrogen-bond acceptors (Lipinski definition) is 3. The van der Waals surface area contributed by atoms with E-state index in [9.17, 15) is 9.59 Å². The van der Waals surface area contributed by atoms with Gasteiger partial charge in [-0.25, -0.2) is 0 Å². The lowest BCUT2D eigenvalue weighted by Crippen LogP contribution is -2.31. The third-order valence-electron chi connectivity index (χ3n) is 4.45. The van der Waals surface area contributed by atoms with E-state index in [4.69, 9.17) is 4.74 Å². The minimum Gasteiger partial charge on any atom is -0.381 e. The number of benzene rings is 1. The smallest absolute Gasteiger partial charge is 0.261 e. The highest BCUT2D eigenvalue weighted by molar-refractivity contribution is 6.21. The van der Waals surface area contributed by atoms with Gasteiger partial charge in [-0.15, -0.1) is 0 Å². The van der Waals surface area contributed by atoms with E-state index >= 15 is 0 Å². The van der Waals surface area contributed by atoms with Crippen LogP contribution in [-0.4, -0.2) is 36.5 Å². The van der Waals surface area contributed by atoms with Crippen molar-refractivity contribution in [3.63, 3.8) is 0 Å². The van der Waals surface area contributed by atoms with E-state index < -0.39 is 0 Å². The summed E-state index contributed by atoms with van der Waals surface area (Å²) >= 11 is 0. The first-order valence-corrected chi connectivity index (χ1v) is 8.72. The Balaban J connectivity index is 1.71. The summed E-state index contributed by atoms with van der Waals surface area (Å²) in [5.41, 5.74) is 1.04.